The van der Waals surface area contributed by atoms with Crippen molar-refractivity contribution in [1.29, 1.82) is 0 Å². The quantitative estimate of drug-likeness (QED) is 0.0679. The highest BCUT2D eigenvalue weighted by Crippen LogP contribution is 2.30. The third kappa shape index (κ3) is 16.5. The summed E-state index contributed by atoms with van der Waals surface area (Å²) >= 11 is 0. The number of H-pyrrole nitrogens is 1. The van der Waals surface area contributed by atoms with Crippen LogP contribution >= 0.6 is 0 Å². The van der Waals surface area contributed by atoms with Crippen molar-refractivity contribution in [2.75, 3.05) is 7.05 Å². The van der Waals surface area contributed by atoms with Crippen LogP contribution in [-0.2, 0) is 43.4 Å². The minimum atomic E-state index is -1.13. The molecule has 4 rings (SSSR count). The van der Waals surface area contributed by atoms with Crippen molar-refractivity contribution in [3.63, 3.8) is 0 Å². The number of nitrogens with zero attached hydrogens (tertiary/aromatic N) is 3. The van der Waals surface area contributed by atoms with Gasteiger partial charge in [0.2, 0.25) is 29.5 Å². The number of benzene rings is 1. The van der Waals surface area contributed by atoms with E-state index in [2.05, 4.69) is 36.2 Å². The number of likely N-dealkylation sites (N-methyl/N-ethyl adjacent to an activating group) is 1. The van der Waals surface area contributed by atoms with E-state index in [1.807, 2.05) is 70.2 Å². The van der Waals surface area contributed by atoms with Crippen LogP contribution in [0.2, 0.25) is 0 Å². The summed E-state index contributed by atoms with van der Waals surface area (Å²) in [4.78, 5) is 83.0. The summed E-state index contributed by atoms with van der Waals surface area (Å²) in [6.45, 7) is 11.4. The lowest BCUT2D eigenvalue weighted by Crippen LogP contribution is -2.58. The summed E-state index contributed by atoms with van der Waals surface area (Å²) in [5.74, 6) is -2.84. The summed E-state index contributed by atoms with van der Waals surface area (Å²) in [6, 6.07) is 11.2. The number of nitrogens with two attached hydrogens (primary N) is 1. The zero-order chi connectivity index (χ0) is 46.1. The first-order valence-corrected chi connectivity index (χ1v) is 22.8. The largest absolute Gasteiger partial charge is 0.391 e. The van der Waals surface area contributed by atoms with Crippen LogP contribution in [0.25, 0.3) is 0 Å². The summed E-state index contributed by atoms with van der Waals surface area (Å²) in [7, 11) is 1.55. The van der Waals surface area contributed by atoms with Crippen molar-refractivity contribution < 1.29 is 29.1 Å². The van der Waals surface area contributed by atoms with E-state index >= 15 is 0 Å². The maximum absolute atomic E-state index is 14.7. The molecule has 1 aromatic carbocycles. The van der Waals surface area contributed by atoms with Crippen molar-refractivity contribution in [2.24, 2.45) is 29.4 Å². The summed E-state index contributed by atoms with van der Waals surface area (Å²) < 4.78 is 0. The number of aliphatic hydroxyl groups is 1. The Kier molecular flexibility index (Phi) is 19.7. The molecule has 1 saturated carbocycles. The Hall–Kier alpha value is -5.15. The molecule has 1 fully saturated rings. The monoisotopic (exact) mass is 872 g/mol. The first-order chi connectivity index (χ1) is 29.9. The number of pyridine rings is 1. The van der Waals surface area contributed by atoms with Gasteiger partial charge in [-0.3, -0.25) is 29.0 Å². The predicted molar refractivity (Wildman–Crippen MR) is 243 cm³/mol. The molecular weight excluding hydrogens is 799 g/mol. The smallest absolute Gasteiger partial charge is 0.245 e. The lowest BCUT2D eigenvalue weighted by molar-refractivity contribution is -0.142. The Morgan fingerprint density at radius 2 is 1.62 bits per heavy atom. The third-order valence-corrected chi connectivity index (χ3v) is 12.3. The predicted octanol–water partition coefficient (Wildman–Crippen LogP) is 4.35. The van der Waals surface area contributed by atoms with Gasteiger partial charge < -0.3 is 42.0 Å². The molecule has 63 heavy (non-hydrogen) atoms. The summed E-state index contributed by atoms with van der Waals surface area (Å²) in [6.07, 6.45) is 10.2. The van der Waals surface area contributed by atoms with Gasteiger partial charge in [-0.1, -0.05) is 103 Å². The van der Waals surface area contributed by atoms with Crippen molar-refractivity contribution in [3.05, 3.63) is 84.2 Å². The number of imidazole rings is 1. The van der Waals surface area contributed by atoms with Gasteiger partial charge in [0.15, 0.2) is 0 Å². The number of aliphatic hydroxyl groups excluding tert-OH is 1. The highest BCUT2D eigenvalue weighted by molar-refractivity contribution is 5.93. The standard InChI is InChI=1S/C48H73N9O6/c1-8-32(4)43(46(62)52-29-35-21-15-16-22-51-35)56-44(60)37(31(2)3)26-41(58)38(23-33-17-11-9-12-18-33)55-45(61)40(25-36-28-50-30-53-36)57(7)47(63)39(24-34-19-13-10-14-20-34)54-42(59)27-48(5,6)49/h10,13-16,19-22,28,30-33,37-41,43,58H,8-9,11-12,17-18,23-27,29,49H2,1-7H3,(H,50,53)(H,52,62)(H,54,59)(H,55,61)(H,56,60). The molecule has 346 valence electrons. The second-order valence-corrected chi connectivity index (χ2v) is 18.6. The van der Waals surface area contributed by atoms with Gasteiger partial charge in [-0.15, -0.1) is 0 Å². The van der Waals surface area contributed by atoms with E-state index in [0.717, 1.165) is 37.7 Å². The second kappa shape index (κ2) is 24.6. The van der Waals surface area contributed by atoms with E-state index in [9.17, 15) is 29.1 Å². The molecule has 2 aromatic heterocycles. The Balaban J connectivity index is 1.59. The Morgan fingerprint density at radius 3 is 2.22 bits per heavy atom. The van der Waals surface area contributed by atoms with Crippen LogP contribution in [0, 0.1) is 23.7 Å². The summed E-state index contributed by atoms with van der Waals surface area (Å²) in [5.41, 5.74) is 7.49. The molecule has 0 saturated heterocycles. The van der Waals surface area contributed by atoms with Gasteiger partial charge in [-0.2, -0.15) is 0 Å². The minimum Gasteiger partial charge on any atom is -0.391 e. The Labute approximate surface area is 373 Å². The van der Waals surface area contributed by atoms with Crippen LogP contribution in [0.1, 0.15) is 116 Å². The van der Waals surface area contributed by atoms with E-state index in [4.69, 9.17) is 5.73 Å². The topological polar surface area (TPSA) is 225 Å². The van der Waals surface area contributed by atoms with Crippen LogP contribution in [-0.4, -0.2) is 97.4 Å². The molecule has 0 aliphatic heterocycles. The maximum Gasteiger partial charge on any atom is 0.245 e. The van der Waals surface area contributed by atoms with Crippen molar-refractivity contribution in [2.45, 2.75) is 155 Å². The van der Waals surface area contributed by atoms with Crippen molar-refractivity contribution >= 4 is 29.5 Å². The molecule has 5 amide bonds. The number of amides is 5. The Morgan fingerprint density at radius 1 is 0.921 bits per heavy atom. The third-order valence-electron chi connectivity index (χ3n) is 12.3. The van der Waals surface area contributed by atoms with E-state index in [0.29, 0.717) is 24.2 Å². The van der Waals surface area contributed by atoms with Gasteiger partial charge in [-0.25, -0.2) is 4.98 Å². The fraction of sp³-hybridized carbons (Fsp3) is 0.604. The van der Waals surface area contributed by atoms with Crippen molar-refractivity contribution in [1.82, 2.24) is 41.1 Å². The lowest BCUT2D eigenvalue weighted by atomic mass is 9.81. The molecule has 0 bridgehead atoms. The molecular formula is C48H73N9O6. The number of nitrogens with one attached hydrogen (secondary N) is 5. The van der Waals surface area contributed by atoms with Gasteiger partial charge in [-0.05, 0) is 62.1 Å². The molecule has 15 nitrogen and oxygen atoms in total. The Bertz CT molecular complexity index is 1870. The number of hydrogen-bond donors (Lipinski definition) is 7. The van der Waals surface area contributed by atoms with Gasteiger partial charge in [0.1, 0.15) is 18.1 Å². The molecule has 1 aliphatic carbocycles. The second-order valence-electron chi connectivity index (χ2n) is 18.6. The molecule has 0 radical (unpaired) electrons. The number of carbonyl (C=O) groups is 5. The lowest BCUT2D eigenvalue weighted by Gasteiger charge is -2.36. The van der Waals surface area contributed by atoms with E-state index in [1.54, 1.807) is 39.4 Å². The molecule has 7 unspecified atom stereocenters. The highest BCUT2D eigenvalue weighted by Gasteiger charge is 2.38. The average Bonchev–Trinajstić information content (AvgIpc) is 3.78. The van der Waals surface area contributed by atoms with Gasteiger partial charge in [0, 0.05) is 55.9 Å². The molecule has 7 atom stereocenters. The fourth-order valence-electron chi connectivity index (χ4n) is 8.35. The first-order valence-electron chi connectivity index (χ1n) is 22.8. The minimum absolute atomic E-state index is 0.0130. The number of hydrogen-bond acceptors (Lipinski definition) is 9. The summed E-state index contributed by atoms with van der Waals surface area (Å²) in [5, 5.41) is 24.1. The van der Waals surface area contributed by atoms with Gasteiger partial charge >= 0.3 is 0 Å². The van der Waals surface area contributed by atoms with E-state index in [1.165, 1.54) is 11.2 Å². The normalized spacial score (nSPS) is 16.7. The number of rotatable bonds is 24. The molecule has 2 heterocycles. The zero-order valence-electron chi connectivity index (χ0n) is 38.4. The van der Waals surface area contributed by atoms with Gasteiger partial charge in [0.05, 0.1) is 30.7 Å². The zero-order valence-corrected chi connectivity index (χ0v) is 38.4. The van der Waals surface area contributed by atoms with E-state index < -0.39 is 53.5 Å². The molecule has 0 spiro atoms. The van der Waals surface area contributed by atoms with Crippen LogP contribution in [0.5, 0.6) is 0 Å². The fourth-order valence-corrected chi connectivity index (χ4v) is 8.35. The SMILES string of the molecule is CCC(C)C(NC(=O)C(CC(O)C(CC1CCCCC1)NC(=O)C(Cc1cnc[nH]1)N(C)C(=O)C(Cc1ccccc1)NC(=O)CC(C)(C)N)C(C)C)C(=O)NCc1ccccn1. The highest BCUT2D eigenvalue weighted by atomic mass is 16.3. The van der Waals surface area contributed by atoms with Crippen LogP contribution in [0.4, 0.5) is 0 Å². The first kappa shape index (κ1) is 50.5. The molecule has 8 N–H and O–H groups in total. The number of aromatic nitrogens is 3. The maximum atomic E-state index is 14.7. The molecule has 15 heteroatoms. The molecule has 1 aliphatic rings. The van der Waals surface area contributed by atoms with Crippen LogP contribution in [0.15, 0.2) is 67.3 Å². The van der Waals surface area contributed by atoms with Crippen molar-refractivity contribution in [3.8, 4) is 0 Å². The number of carbonyl (C=O) groups excluding carboxylic acids is 5. The van der Waals surface area contributed by atoms with Crippen LogP contribution in [0.3, 0.4) is 0 Å². The molecule has 3 aromatic rings. The van der Waals surface area contributed by atoms with Gasteiger partial charge in [0.25, 0.3) is 0 Å². The number of aromatic amines is 1. The van der Waals surface area contributed by atoms with E-state index in [-0.39, 0.29) is 67.7 Å². The van der Waals surface area contributed by atoms with Crippen LogP contribution < -0.4 is 27.0 Å². The average molecular weight is 872 g/mol.